The Bertz CT molecular complexity index is 1110. The van der Waals surface area contributed by atoms with E-state index < -0.39 is 21.6 Å². The maximum atomic E-state index is 12.7. The van der Waals surface area contributed by atoms with Gasteiger partial charge in [-0.15, -0.1) is 5.10 Å². The van der Waals surface area contributed by atoms with Crippen molar-refractivity contribution in [1.29, 1.82) is 0 Å². The number of aryl methyl sites for hydroxylation is 1. The molecule has 0 fully saturated rings. The smallest absolute Gasteiger partial charge is 0.326 e. The lowest BCUT2D eigenvalue weighted by Gasteiger charge is -2.19. The van der Waals surface area contributed by atoms with Crippen LogP contribution in [0.5, 0.6) is 0 Å². The van der Waals surface area contributed by atoms with Crippen molar-refractivity contribution in [1.82, 2.24) is 15.2 Å². The van der Waals surface area contributed by atoms with Crippen LogP contribution in [0.4, 0.5) is 16.4 Å². The van der Waals surface area contributed by atoms with Gasteiger partial charge in [0.15, 0.2) is 9.84 Å². The third-order valence-electron chi connectivity index (χ3n) is 3.88. The minimum absolute atomic E-state index is 0.126. The Morgan fingerprint density at radius 2 is 1.71 bits per heavy atom. The van der Waals surface area contributed by atoms with Gasteiger partial charge in [-0.05, 0) is 43.3 Å². The van der Waals surface area contributed by atoms with Crippen molar-refractivity contribution in [3.05, 3.63) is 71.0 Å². The summed E-state index contributed by atoms with van der Waals surface area (Å²) in [5, 5.41) is 8.33. The second-order valence-corrected chi connectivity index (χ2v) is 8.29. The number of primary amides is 1. The lowest BCUT2D eigenvalue weighted by Crippen LogP contribution is -2.33. The minimum atomic E-state index is -3.65. The van der Waals surface area contributed by atoms with Crippen LogP contribution < -0.4 is 10.6 Å². The van der Waals surface area contributed by atoms with Gasteiger partial charge in [0.05, 0.1) is 27.7 Å². The Morgan fingerprint density at radius 1 is 1.07 bits per heavy atom. The van der Waals surface area contributed by atoms with Gasteiger partial charge in [-0.2, -0.15) is 5.10 Å². The number of hydrogen-bond donors (Lipinski definition) is 1. The van der Waals surface area contributed by atoms with E-state index in [0.29, 0.717) is 16.4 Å². The quantitative estimate of drug-likeness (QED) is 0.681. The maximum Gasteiger partial charge on any atom is 0.326 e. The molecule has 3 aromatic rings. The zero-order valence-electron chi connectivity index (χ0n) is 14.8. The highest BCUT2D eigenvalue weighted by atomic mass is 35.5. The summed E-state index contributed by atoms with van der Waals surface area (Å²) >= 11 is 5.87. The molecular weight excluding hydrogens is 402 g/mol. The van der Waals surface area contributed by atoms with Gasteiger partial charge in [0.2, 0.25) is 0 Å². The zero-order valence-corrected chi connectivity index (χ0v) is 16.4. The first-order valence-corrected chi connectivity index (χ1v) is 10.1. The van der Waals surface area contributed by atoms with Crippen molar-refractivity contribution in [3.63, 3.8) is 0 Å². The van der Waals surface area contributed by atoms with E-state index in [0.717, 1.165) is 4.90 Å². The summed E-state index contributed by atoms with van der Waals surface area (Å²) in [6.07, 6.45) is 0. The summed E-state index contributed by atoms with van der Waals surface area (Å²) in [6, 6.07) is 13.5. The van der Waals surface area contributed by atoms with E-state index in [1.54, 1.807) is 49.4 Å². The molecule has 0 bridgehead atoms. The molecule has 0 unspecified atom stereocenters. The number of anilines is 2. The number of carbonyl (C=O) groups is 1. The van der Waals surface area contributed by atoms with E-state index in [2.05, 4.69) is 15.2 Å². The summed E-state index contributed by atoms with van der Waals surface area (Å²) in [5.74, 6) is -0.517. The number of hydrogen-bond acceptors (Lipinski definition) is 6. The van der Waals surface area contributed by atoms with Crippen LogP contribution in [0.25, 0.3) is 0 Å². The van der Waals surface area contributed by atoms with Gasteiger partial charge in [-0.3, -0.25) is 0 Å². The van der Waals surface area contributed by atoms with E-state index >= 15 is 0 Å². The van der Waals surface area contributed by atoms with Crippen LogP contribution >= 0.6 is 11.6 Å². The molecule has 0 aliphatic carbocycles. The highest BCUT2D eigenvalue weighted by Crippen LogP contribution is 2.25. The molecule has 2 amide bonds. The second kappa shape index (κ2) is 7.91. The van der Waals surface area contributed by atoms with Gasteiger partial charge < -0.3 is 5.73 Å². The predicted molar refractivity (Wildman–Crippen MR) is 105 cm³/mol. The highest BCUT2D eigenvalue weighted by molar-refractivity contribution is 7.90. The van der Waals surface area contributed by atoms with Crippen molar-refractivity contribution >= 4 is 39.1 Å². The third kappa shape index (κ3) is 4.26. The van der Waals surface area contributed by atoms with Crippen LogP contribution in [0.1, 0.15) is 11.4 Å². The van der Waals surface area contributed by atoms with Crippen LogP contribution in [-0.4, -0.2) is 29.6 Å². The number of amides is 2. The highest BCUT2D eigenvalue weighted by Gasteiger charge is 2.23. The lowest BCUT2D eigenvalue weighted by molar-refractivity contribution is 0.255. The summed E-state index contributed by atoms with van der Waals surface area (Å²) in [5.41, 5.74) is 6.36. The molecule has 0 saturated heterocycles. The lowest BCUT2D eigenvalue weighted by atomic mass is 10.3. The molecule has 0 saturated carbocycles. The van der Waals surface area contributed by atoms with Gasteiger partial charge in [0, 0.05) is 5.02 Å². The van der Waals surface area contributed by atoms with Crippen molar-refractivity contribution in [2.24, 2.45) is 5.73 Å². The molecule has 0 spiro atoms. The zero-order chi connectivity index (χ0) is 20.3. The monoisotopic (exact) mass is 417 g/mol. The predicted octanol–water partition coefficient (Wildman–Crippen LogP) is 3.02. The fourth-order valence-electron chi connectivity index (χ4n) is 2.46. The molecule has 28 heavy (non-hydrogen) atoms. The second-order valence-electron chi connectivity index (χ2n) is 5.87. The SMILES string of the molecule is Cc1nnc(N(C(N)=O)c2ccc(Cl)cc2)nc1CS(=O)(=O)c1ccccc1. The topological polar surface area (TPSA) is 119 Å². The summed E-state index contributed by atoms with van der Waals surface area (Å²) in [6.45, 7) is 1.59. The van der Waals surface area contributed by atoms with Crippen LogP contribution in [0.15, 0.2) is 59.5 Å². The molecule has 3 rings (SSSR count). The maximum absolute atomic E-state index is 12.7. The molecule has 2 N–H and O–H groups in total. The molecule has 0 aliphatic heterocycles. The number of halogens is 1. The standard InChI is InChI=1S/C18H16ClN5O3S/c1-12-16(11-28(26,27)15-5-3-2-4-6-15)21-18(23-22-12)24(17(20)25)14-9-7-13(19)8-10-14/h2-10H,11H2,1H3,(H2,20,25). The number of benzene rings is 2. The van der Waals surface area contributed by atoms with Gasteiger partial charge >= 0.3 is 6.03 Å². The minimum Gasteiger partial charge on any atom is -0.351 e. The number of sulfone groups is 1. The first-order valence-electron chi connectivity index (χ1n) is 8.11. The van der Waals surface area contributed by atoms with Gasteiger partial charge in [0.25, 0.3) is 5.95 Å². The molecule has 1 aromatic heterocycles. The van der Waals surface area contributed by atoms with E-state index in [1.165, 1.54) is 12.1 Å². The number of carbonyl (C=O) groups excluding carboxylic acids is 1. The molecule has 2 aromatic carbocycles. The van der Waals surface area contributed by atoms with Crippen LogP contribution in [0, 0.1) is 6.92 Å². The molecule has 8 nitrogen and oxygen atoms in total. The Morgan fingerprint density at radius 3 is 2.32 bits per heavy atom. The molecule has 144 valence electrons. The van der Waals surface area contributed by atoms with Crippen LogP contribution in [0.2, 0.25) is 5.02 Å². The molecule has 0 atom stereocenters. The largest absolute Gasteiger partial charge is 0.351 e. The van der Waals surface area contributed by atoms with Crippen molar-refractivity contribution < 1.29 is 13.2 Å². The van der Waals surface area contributed by atoms with E-state index in [-0.39, 0.29) is 16.5 Å². The first kappa shape index (κ1) is 19.7. The molecule has 0 aliphatic rings. The van der Waals surface area contributed by atoms with Gasteiger partial charge in [-0.25, -0.2) is 23.1 Å². The van der Waals surface area contributed by atoms with Crippen molar-refractivity contribution in [2.75, 3.05) is 4.90 Å². The normalized spacial score (nSPS) is 11.2. The summed E-state index contributed by atoms with van der Waals surface area (Å²) in [4.78, 5) is 17.4. The van der Waals surface area contributed by atoms with Crippen molar-refractivity contribution in [2.45, 2.75) is 17.6 Å². The number of nitrogens with two attached hydrogens (primary N) is 1. The third-order valence-corrected chi connectivity index (χ3v) is 5.77. The van der Waals surface area contributed by atoms with E-state index in [4.69, 9.17) is 17.3 Å². The number of nitrogens with zero attached hydrogens (tertiary/aromatic N) is 4. The average Bonchev–Trinajstić information content (AvgIpc) is 2.66. The number of rotatable bonds is 5. The molecule has 0 radical (unpaired) electrons. The molecule has 1 heterocycles. The van der Waals surface area contributed by atoms with Gasteiger partial charge in [0.1, 0.15) is 0 Å². The average molecular weight is 418 g/mol. The number of aromatic nitrogens is 3. The fraction of sp³-hybridized carbons (Fsp3) is 0.111. The van der Waals surface area contributed by atoms with Crippen LogP contribution in [0.3, 0.4) is 0 Å². The Kier molecular flexibility index (Phi) is 5.57. The van der Waals surface area contributed by atoms with Gasteiger partial charge in [-0.1, -0.05) is 29.8 Å². The van der Waals surface area contributed by atoms with E-state index in [9.17, 15) is 13.2 Å². The molecule has 10 heteroatoms. The Labute approximate surface area is 166 Å². The molecular formula is C18H16ClN5O3S. The first-order chi connectivity index (χ1) is 13.3. The van der Waals surface area contributed by atoms with Crippen LogP contribution in [-0.2, 0) is 15.6 Å². The summed E-state index contributed by atoms with van der Waals surface area (Å²) < 4.78 is 25.3. The summed E-state index contributed by atoms with van der Waals surface area (Å²) in [7, 11) is -3.65. The van der Waals surface area contributed by atoms with Crippen molar-refractivity contribution in [3.8, 4) is 0 Å². The number of urea groups is 1. The Hall–Kier alpha value is -3.04. The fourth-order valence-corrected chi connectivity index (χ4v) is 3.95. The van der Waals surface area contributed by atoms with E-state index in [1.807, 2.05) is 0 Å². The Balaban J connectivity index is 2.00.